The molecule has 0 saturated heterocycles. The van der Waals surface area contributed by atoms with Gasteiger partial charge in [-0.2, -0.15) is 0 Å². The summed E-state index contributed by atoms with van der Waals surface area (Å²) >= 11 is 0. The lowest BCUT2D eigenvalue weighted by Gasteiger charge is -2.02. The summed E-state index contributed by atoms with van der Waals surface area (Å²) < 4.78 is 0. The molecule has 2 heteroatoms. The Labute approximate surface area is 78.4 Å². The van der Waals surface area contributed by atoms with E-state index in [1.54, 1.807) is 0 Å². The van der Waals surface area contributed by atoms with Crippen molar-refractivity contribution in [3.05, 3.63) is 35.9 Å². The Kier molecular flexibility index (Phi) is 5.16. The van der Waals surface area contributed by atoms with Crippen LogP contribution in [-0.2, 0) is 6.42 Å². The van der Waals surface area contributed by atoms with E-state index in [1.807, 2.05) is 31.2 Å². The lowest BCUT2D eigenvalue weighted by atomic mass is 10.1. The van der Waals surface area contributed by atoms with E-state index < -0.39 is 0 Å². The SMILES string of the molecule is Br.CC(N)Cc1cc[c]cc1. The molecule has 1 radical (unpaired) electrons. The number of nitrogens with two attached hydrogens (primary N) is 1. The predicted molar refractivity (Wildman–Crippen MR) is 53.0 cm³/mol. The molecular formula is C9H13BrN. The Morgan fingerprint density at radius 2 is 2.00 bits per heavy atom. The summed E-state index contributed by atoms with van der Waals surface area (Å²) in [6.07, 6.45) is 0.953. The van der Waals surface area contributed by atoms with Crippen molar-refractivity contribution in [1.82, 2.24) is 0 Å². The fraction of sp³-hybridized carbons (Fsp3) is 0.333. The first-order valence-electron chi connectivity index (χ1n) is 3.49. The van der Waals surface area contributed by atoms with Crippen LogP contribution in [0.4, 0.5) is 0 Å². The van der Waals surface area contributed by atoms with Crippen molar-refractivity contribution in [1.29, 1.82) is 0 Å². The summed E-state index contributed by atoms with van der Waals surface area (Å²) in [7, 11) is 0. The Morgan fingerprint density at radius 3 is 2.45 bits per heavy atom. The van der Waals surface area contributed by atoms with E-state index in [0.29, 0.717) is 0 Å². The number of benzene rings is 1. The lowest BCUT2D eigenvalue weighted by molar-refractivity contribution is 0.738. The highest BCUT2D eigenvalue weighted by Gasteiger charge is 1.94. The van der Waals surface area contributed by atoms with Gasteiger partial charge in [-0.1, -0.05) is 24.3 Å². The Hall–Kier alpha value is -0.340. The van der Waals surface area contributed by atoms with Crippen LogP contribution in [-0.4, -0.2) is 6.04 Å². The molecule has 1 aromatic rings. The van der Waals surface area contributed by atoms with Crippen LogP contribution in [0.15, 0.2) is 24.3 Å². The quantitative estimate of drug-likeness (QED) is 0.801. The van der Waals surface area contributed by atoms with Crippen LogP contribution in [0.25, 0.3) is 0 Å². The minimum Gasteiger partial charge on any atom is -0.328 e. The highest BCUT2D eigenvalue weighted by atomic mass is 79.9. The maximum Gasteiger partial charge on any atom is 0.00509 e. The normalized spacial score (nSPS) is 11.8. The van der Waals surface area contributed by atoms with Crippen LogP contribution in [0, 0.1) is 6.07 Å². The van der Waals surface area contributed by atoms with Crippen LogP contribution in [0.5, 0.6) is 0 Å². The molecule has 0 aromatic heterocycles. The molecule has 1 atom stereocenters. The molecule has 1 aromatic carbocycles. The van der Waals surface area contributed by atoms with E-state index in [4.69, 9.17) is 5.73 Å². The number of halogens is 1. The van der Waals surface area contributed by atoms with Crippen LogP contribution in [0.3, 0.4) is 0 Å². The maximum atomic E-state index is 5.61. The van der Waals surface area contributed by atoms with Crippen molar-refractivity contribution in [2.45, 2.75) is 19.4 Å². The third kappa shape index (κ3) is 4.17. The second-order valence-electron chi connectivity index (χ2n) is 2.59. The standard InChI is InChI=1S/C9H12N.BrH/c1-8(10)7-9-5-3-2-4-6-9;/h3-6,8H,7,10H2,1H3;1H. The molecule has 0 aliphatic carbocycles. The smallest absolute Gasteiger partial charge is 0.00509 e. The average molecular weight is 215 g/mol. The number of rotatable bonds is 2. The number of hydrogen-bond acceptors (Lipinski definition) is 1. The van der Waals surface area contributed by atoms with Gasteiger partial charge in [-0.05, 0) is 25.0 Å². The average Bonchev–Trinajstić information content (AvgIpc) is 1.88. The Bertz CT molecular complexity index is 184. The van der Waals surface area contributed by atoms with Gasteiger partial charge in [0.05, 0.1) is 0 Å². The van der Waals surface area contributed by atoms with Crippen LogP contribution in [0.2, 0.25) is 0 Å². The van der Waals surface area contributed by atoms with Gasteiger partial charge in [0.2, 0.25) is 0 Å². The summed E-state index contributed by atoms with van der Waals surface area (Å²) in [5.74, 6) is 0. The van der Waals surface area contributed by atoms with Gasteiger partial charge in [-0.3, -0.25) is 0 Å². The van der Waals surface area contributed by atoms with Crippen LogP contribution >= 0.6 is 17.0 Å². The van der Waals surface area contributed by atoms with Crippen LogP contribution in [0.1, 0.15) is 12.5 Å². The molecule has 0 aliphatic rings. The largest absolute Gasteiger partial charge is 0.328 e. The van der Waals surface area contributed by atoms with E-state index in [0.717, 1.165) is 6.42 Å². The second-order valence-corrected chi connectivity index (χ2v) is 2.59. The summed E-state index contributed by atoms with van der Waals surface area (Å²) in [4.78, 5) is 0. The van der Waals surface area contributed by atoms with Gasteiger partial charge in [-0.15, -0.1) is 17.0 Å². The van der Waals surface area contributed by atoms with Crippen molar-refractivity contribution in [3.8, 4) is 0 Å². The first-order valence-corrected chi connectivity index (χ1v) is 3.49. The minimum absolute atomic E-state index is 0. The predicted octanol–water partition coefficient (Wildman–Crippen LogP) is 1.95. The van der Waals surface area contributed by atoms with Gasteiger partial charge < -0.3 is 5.73 Å². The Balaban J connectivity index is 0.000001000. The zero-order valence-corrected chi connectivity index (χ0v) is 8.29. The monoisotopic (exact) mass is 214 g/mol. The molecule has 0 saturated carbocycles. The highest BCUT2D eigenvalue weighted by molar-refractivity contribution is 8.93. The van der Waals surface area contributed by atoms with E-state index in [2.05, 4.69) is 6.07 Å². The van der Waals surface area contributed by atoms with Crippen molar-refractivity contribution in [2.24, 2.45) is 5.73 Å². The van der Waals surface area contributed by atoms with E-state index in [1.165, 1.54) is 5.56 Å². The third-order valence-corrected chi connectivity index (χ3v) is 1.34. The molecule has 1 unspecified atom stereocenters. The third-order valence-electron chi connectivity index (χ3n) is 1.34. The second kappa shape index (κ2) is 5.33. The molecular weight excluding hydrogens is 202 g/mol. The van der Waals surface area contributed by atoms with Crippen LogP contribution < -0.4 is 5.73 Å². The summed E-state index contributed by atoms with van der Waals surface area (Å²) in [6, 6.07) is 11.1. The van der Waals surface area contributed by atoms with Gasteiger partial charge in [0.1, 0.15) is 0 Å². The van der Waals surface area contributed by atoms with Gasteiger partial charge >= 0.3 is 0 Å². The van der Waals surface area contributed by atoms with Crippen molar-refractivity contribution in [3.63, 3.8) is 0 Å². The fourth-order valence-corrected chi connectivity index (χ4v) is 0.929. The molecule has 0 amide bonds. The van der Waals surface area contributed by atoms with Crippen molar-refractivity contribution >= 4 is 17.0 Å². The topological polar surface area (TPSA) is 26.0 Å². The van der Waals surface area contributed by atoms with E-state index in [-0.39, 0.29) is 23.0 Å². The molecule has 1 nitrogen and oxygen atoms in total. The molecule has 11 heavy (non-hydrogen) atoms. The highest BCUT2D eigenvalue weighted by Crippen LogP contribution is 1.99. The maximum absolute atomic E-state index is 5.61. The van der Waals surface area contributed by atoms with Crippen molar-refractivity contribution in [2.75, 3.05) is 0 Å². The zero-order valence-electron chi connectivity index (χ0n) is 6.58. The molecule has 0 aliphatic heterocycles. The summed E-state index contributed by atoms with van der Waals surface area (Å²) in [5, 5.41) is 0. The van der Waals surface area contributed by atoms with Gasteiger partial charge in [-0.25, -0.2) is 0 Å². The van der Waals surface area contributed by atoms with Crippen molar-refractivity contribution < 1.29 is 0 Å². The molecule has 1 rings (SSSR count). The molecule has 0 bridgehead atoms. The minimum atomic E-state index is 0. The molecule has 0 fully saturated rings. The summed E-state index contributed by atoms with van der Waals surface area (Å²) in [6.45, 7) is 2.01. The summed E-state index contributed by atoms with van der Waals surface area (Å²) in [5.41, 5.74) is 6.90. The van der Waals surface area contributed by atoms with E-state index >= 15 is 0 Å². The first kappa shape index (κ1) is 10.7. The fourth-order valence-electron chi connectivity index (χ4n) is 0.929. The molecule has 2 N–H and O–H groups in total. The zero-order chi connectivity index (χ0) is 7.40. The van der Waals surface area contributed by atoms with E-state index in [9.17, 15) is 0 Å². The molecule has 61 valence electrons. The van der Waals surface area contributed by atoms with Gasteiger partial charge in [0.15, 0.2) is 0 Å². The molecule has 0 spiro atoms. The van der Waals surface area contributed by atoms with Gasteiger partial charge in [0, 0.05) is 6.04 Å². The van der Waals surface area contributed by atoms with Gasteiger partial charge in [0.25, 0.3) is 0 Å². The first-order chi connectivity index (χ1) is 4.79. The lowest BCUT2D eigenvalue weighted by Crippen LogP contribution is -2.17. The Morgan fingerprint density at radius 1 is 1.45 bits per heavy atom. The molecule has 0 heterocycles. The number of hydrogen-bond donors (Lipinski definition) is 1.